The van der Waals surface area contributed by atoms with Gasteiger partial charge in [0, 0.05) is 52.9 Å². The molecule has 10 heteroatoms. The van der Waals surface area contributed by atoms with Crippen LogP contribution in [0, 0.1) is 0 Å². The van der Waals surface area contributed by atoms with Crippen molar-refractivity contribution < 1.29 is 14.3 Å². The fourth-order valence-corrected chi connectivity index (χ4v) is 5.41. The molecule has 1 aromatic carbocycles. The summed E-state index contributed by atoms with van der Waals surface area (Å²) in [5.74, 6) is -0.124. The molecule has 2 amide bonds. The summed E-state index contributed by atoms with van der Waals surface area (Å²) in [6.07, 6.45) is 0.301. The Morgan fingerprint density at radius 3 is 2.31 bits per heavy atom. The summed E-state index contributed by atoms with van der Waals surface area (Å²) in [4.78, 5) is 34.6. The van der Waals surface area contributed by atoms with E-state index in [9.17, 15) is 9.59 Å². The van der Waals surface area contributed by atoms with E-state index in [0.717, 1.165) is 16.1 Å². The summed E-state index contributed by atoms with van der Waals surface area (Å²) in [5, 5.41) is 4.75. The standard InChI is InChI=1S/C25H34Cl2N4O3S/c1-24(2,3)21-19(13-16-7-8-17(26)14-18(16)27)35-22(29-21)28-20(32)15-30-9-11-31(12-10-30)23(33)34-25(4,5)6/h7-8,14H,9-13,15H2,1-6H3,(H,28,29,32). The number of anilines is 1. The molecular weight excluding hydrogens is 507 g/mol. The van der Waals surface area contributed by atoms with Gasteiger partial charge in [0.15, 0.2) is 5.13 Å². The highest BCUT2D eigenvalue weighted by atomic mass is 35.5. The number of aromatic nitrogens is 1. The summed E-state index contributed by atoms with van der Waals surface area (Å²) in [6, 6.07) is 5.49. The van der Waals surface area contributed by atoms with Crippen molar-refractivity contribution in [3.8, 4) is 0 Å². The molecular formula is C25H34Cl2N4O3S. The Balaban J connectivity index is 1.61. The molecule has 3 rings (SSSR count). The molecule has 0 atom stereocenters. The van der Waals surface area contributed by atoms with Crippen LogP contribution in [-0.2, 0) is 21.4 Å². The number of rotatable bonds is 5. The van der Waals surface area contributed by atoms with Crippen LogP contribution in [0.1, 0.15) is 57.7 Å². The van der Waals surface area contributed by atoms with Crippen molar-refractivity contribution in [2.45, 2.75) is 59.0 Å². The quantitative estimate of drug-likeness (QED) is 0.516. The van der Waals surface area contributed by atoms with Gasteiger partial charge in [-0.05, 0) is 38.5 Å². The Labute approximate surface area is 221 Å². The first-order valence-electron chi connectivity index (χ1n) is 11.7. The number of ether oxygens (including phenoxy) is 1. The van der Waals surface area contributed by atoms with Crippen molar-refractivity contribution in [2.24, 2.45) is 0 Å². The minimum atomic E-state index is -0.522. The fourth-order valence-electron chi connectivity index (χ4n) is 3.73. The first kappa shape index (κ1) is 27.7. The van der Waals surface area contributed by atoms with Gasteiger partial charge < -0.3 is 15.0 Å². The van der Waals surface area contributed by atoms with Crippen molar-refractivity contribution in [3.05, 3.63) is 44.4 Å². The lowest BCUT2D eigenvalue weighted by Gasteiger charge is -2.35. The third kappa shape index (κ3) is 8.07. The van der Waals surface area contributed by atoms with E-state index in [1.54, 1.807) is 11.0 Å². The molecule has 1 aliphatic heterocycles. The second-order valence-corrected chi connectivity index (χ2v) is 12.7. The molecule has 7 nitrogen and oxygen atoms in total. The number of benzene rings is 1. The summed E-state index contributed by atoms with van der Waals surface area (Å²) in [6.45, 7) is 14.4. The molecule has 2 heterocycles. The molecule has 1 saturated heterocycles. The molecule has 1 aliphatic rings. The van der Waals surface area contributed by atoms with E-state index < -0.39 is 5.60 Å². The number of piperazine rings is 1. The first-order valence-corrected chi connectivity index (χ1v) is 13.2. The van der Waals surface area contributed by atoms with Crippen LogP contribution in [0.25, 0.3) is 0 Å². The van der Waals surface area contributed by atoms with Crippen LogP contribution in [0.2, 0.25) is 10.0 Å². The third-order valence-corrected chi connectivity index (χ3v) is 6.97. The van der Waals surface area contributed by atoms with Crippen molar-refractivity contribution in [2.75, 3.05) is 38.0 Å². The molecule has 0 saturated carbocycles. The van der Waals surface area contributed by atoms with Crippen LogP contribution in [0.4, 0.5) is 9.93 Å². The maximum atomic E-state index is 12.8. The molecule has 35 heavy (non-hydrogen) atoms. The number of carbonyl (C=O) groups excluding carboxylic acids is 2. The van der Waals surface area contributed by atoms with Gasteiger partial charge in [0.2, 0.25) is 5.91 Å². The maximum absolute atomic E-state index is 12.8. The number of amides is 2. The number of thiazole rings is 1. The second-order valence-electron chi connectivity index (χ2n) is 10.7. The average Bonchev–Trinajstić information content (AvgIpc) is 3.12. The topological polar surface area (TPSA) is 74.8 Å². The van der Waals surface area contributed by atoms with Crippen LogP contribution in [0.5, 0.6) is 0 Å². The SMILES string of the molecule is CC(C)(C)OC(=O)N1CCN(CC(=O)Nc2nc(C(C)(C)C)c(Cc3ccc(Cl)cc3Cl)s2)CC1. The largest absolute Gasteiger partial charge is 0.444 e. The molecule has 0 spiro atoms. The van der Waals surface area contributed by atoms with Crippen molar-refractivity contribution in [1.29, 1.82) is 0 Å². The van der Waals surface area contributed by atoms with Gasteiger partial charge in [-0.15, -0.1) is 11.3 Å². The molecule has 1 fully saturated rings. The van der Waals surface area contributed by atoms with Gasteiger partial charge in [-0.3, -0.25) is 9.69 Å². The number of carbonyl (C=O) groups is 2. The predicted octanol–water partition coefficient (Wildman–Crippen LogP) is 5.83. The molecule has 192 valence electrons. The van der Waals surface area contributed by atoms with Crippen molar-refractivity contribution in [1.82, 2.24) is 14.8 Å². The van der Waals surface area contributed by atoms with Crippen molar-refractivity contribution >= 4 is 51.7 Å². The Bertz CT molecular complexity index is 1070. The number of hydrogen-bond donors (Lipinski definition) is 1. The molecule has 0 bridgehead atoms. The van der Waals surface area contributed by atoms with Gasteiger partial charge in [-0.1, -0.05) is 50.0 Å². The third-order valence-electron chi connectivity index (χ3n) is 5.41. The van der Waals surface area contributed by atoms with E-state index in [4.69, 9.17) is 32.9 Å². The highest BCUT2D eigenvalue weighted by Gasteiger charge is 2.28. The summed E-state index contributed by atoms with van der Waals surface area (Å²) >= 11 is 13.9. The molecule has 1 aromatic heterocycles. The molecule has 0 aliphatic carbocycles. The lowest BCUT2D eigenvalue weighted by Crippen LogP contribution is -2.51. The summed E-state index contributed by atoms with van der Waals surface area (Å²) in [5.41, 5.74) is 1.19. The minimum Gasteiger partial charge on any atom is -0.444 e. The van der Waals surface area contributed by atoms with E-state index in [1.807, 2.05) is 37.8 Å². The van der Waals surface area contributed by atoms with Crippen LogP contribution in [0.15, 0.2) is 18.2 Å². The fraction of sp³-hybridized carbons (Fsp3) is 0.560. The van der Waals surface area contributed by atoms with Crippen LogP contribution in [-0.4, -0.2) is 65.1 Å². The average molecular weight is 542 g/mol. The molecule has 1 N–H and O–H groups in total. The van der Waals surface area contributed by atoms with E-state index in [1.165, 1.54) is 11.3 Å². The van der Waals surface area contributed by atoms with Crippen molar-refractivity contribution in [3.63, 3.8) is 0 Å². The van der Waals surface area contributed by atoms with Gasteiger partial charge in [-0.2, -0.15) is 0 Å². The van der Waals surface area contributed by atoms with E-state index in [0.29, 0.717) is 47.8 Å². The zero-order valence-electron chi connectivity index (χ0n) is 21.2. The van der Waals surface area contributed by atoms with Crippen LogP contribution in [0.3, 0.4) is 0 Å². The summed E-state index contributed by atoms with van der Waals surface area (Å²) < 4.78 is 5.44. The predicted molar refractivity (Wildman–Crippen MR) is 143 cm³/mol. The zero-order valence-corrected chi connectivity index (χ0v) is 23.5. The number of hydrogen-bond acceptors (Lipinski definition) is 6. The highest BCUT2D eigenvalue weighted by molar-refractivity contribution is 7.15. The van der Waals surface area contributed by atoms with Gasteiger partial charge in [-0.25, -0.2) is 9.78 Å². The second kappa shape index (κ2) is 11.0. The number of nitrogens with one attached hydrogen (secondary N) is 1. The van der Waals surface area contributed by atoms with E-state index in [2.05, 4.69) is 26.1 Å². The van der Waals surface area contributed by atoms with E-state index in [-0.39, 0.29) is 24.0 Å². The monoisotopic (exact) mass is 540 g/mol. The Hall–Kier alpha value is -1.87. The summed E-state index contributed by atoms with van der Waals surface area (Å²) in [7, 11) is 0. The Morgan fingerprint density at radius 1 is 1.09 bits per heavy atom. The van der Waals surface area contributed by atoms with Gasteiger partial charge >= 0.3 is 6.09 Å². The normalized spacial score (nSPS) is 15.3. The molecule has 0 unspecified atom stereocenters. The lowest BCUT2D eigenvalue weighted by molar-refractivity contribution is -0.117. The highest BCUT2D eigenvalue weighted by Crippen LogP contribution is 2.35. The minimum absolute atomic E-state index is 0.124. The van der Waals surface area contributed by atoms with E-state index >= 15 is 0 Å². The molecule has 2 aromatic rings. The number of halogens is 2. The van der Waals surface area contributed by atoms with Gasteiger partial charge in [0.05, 0.1) is 12.2 Å². The Morgan fingerprint density at radius 2 is 1.74 bits per heavy atom. The van der Waals surface area contributed by atoms with Gasteiger partial charge in [0.25, 0.3) is 0 Å². The maximum Gasteiger partial charge on any atom is 0.410 e. The van der Waals surface area contributed by atoms with Crippen LogP contribution >= 0.6 is 34.5 Å². The first-order chi connectivity index (χ1) is 16.2. The van der Waals surface area contributed by atoms with Gasteiger partial charge in [0.1, 0.15) is 5.60 Å². The lowest BCUT2D eigenvalue weighted by atomic mass is 9.90. The zero-order chi connectivity index (χ0) is 26.0. The Kier molecular flexibility index (Phi) is 8.73. The van der Waals surface area contributed by atoms with Crippen LogP contribution < -0.4 is 5.32 Å². The number of nitrogens with zero attached hydrogens (tertiary/aromatic N) is 3. The smallest absolute Gasteiger partial charge is 0.410 e. The molecule has 0 radical (unpaired) electrons.